The van der Waals surface area contributed by atoms with Crippen LogP contribution in [0.15, 0.2) is 12.2 Å². The molecular formula is C10H10F8O3. The zero-order chi connectivity index (χ0) is 17.4. The smallest absolute Gasteiger partial charge is 0.432 e. The van der Waals surface area contributed by atoms with Crippen molar-refractivity contribution in [2.75, 3.05) is 0 Å². The Balaban J connectivity index is 5.81. The van der Waals surface area contributed by atoms with E-state index < -0.39 is 41.5 Å². The van der Waals surface area contributed by atoms with Gasteiger partial charge in [0.2, 0.25) is 0 Å². The highest BCUT2D eigenvalue weighted by atomic mass is 19.4. The molecule has 0 heterocycles. The lowest BCUT2D eigenvalue weighted by molar-refractivity contribution is -0.431. The Kier molecular flexibility index (Phi) is 5.07. The van der Waals surface area contributed by atoms with Crippen LogP contribution < -0.4 is 0 Å². The summed E-state index contributed by atoms with van der Waals surface area (Å²) in [6.07, 6.45) is -16.7. The topological polar surface area (TPSA) is 46.5 Å². The van der Waals surface area contributed by atoms with Crippen molar-refractivity contribution in [1.82, 2.24) is 0 Å². The van der Waals surface area contributed by atoms with Crippen molar-refractivity contribution in [2.45, 2.75) is 43.8 Å². The van der Waals surface area contributed by atoms with Crippen molar-refractivity contribution < 1.29 is 49.8 Å². The maximum Gasteiger partial charge on any atom is 0.432 e. The van der Waals surface area contributed by atoms with Gasteiger partial charge < -0.3 is 9.84 Å². The van der Waals surface area contributed by atoms with Gasteiger partial charge in [0.05, 0.1) is 0 Å². The lowest BCUT2D eigenvalue weighted by atomic mass is 9.90. The number of halogens is 8. The zero-order valence-corrected chi connectivity index (χ0v) is 10.6. The van der Waals surface area contributed by atoms with Crippen LogP contribution in [0.1, 0.15) is 13.8 Å². The molecule has 0 rings (SSSR count). The first kappa shape index (κ1) is 19.6. The number of hydrogen-bond donors (Lipinski definition) is 1. The molecule has 0 aliphatic rings. The van der Waals surface area contributed by atoms with Crippen molar-refractivity contribution in [3.05, 3.63) is 12.2 Å². The third-order valence-corrected chi connectivity index (χ3v) is 2.45. The first-order valence-electron chi connectivity index (χ1n) is 5.10. The molecule has 0 aromatic heterocycles. The Hall–Kier alpha value is -1.39. The zero-order valence-electron chi connectivity index (χ0n) is 10.6. The Morgan fingerprint density at radius 1 is 1.05 bits per heavy atom. The number of ether oxygens (including phenoxy) is 1. The van der Waals surface area contributed by atoms with E-state index in [0.29, 0.717) is 0 Å². The first-order valence-corrected chi connectivity index (χ1v) is 5.10. The van der Waals surface area contributed by atoms with E-state index in [2.05, 4.69) is 11.3 Å². The summed E-state index contributed by atoms with van der Waals surface area (Å²) in [6.45, 7) is 3.95. The average Bonchev–Trinajstić information content (AvgIpc) is 2.23. The molecule has 1 atom stereocenters. The van der Waals surface area contributed by atoms with Crippen LogP contribution in [0.2, 0.25) is 0 Å². The molecule has 0 bridgehead atoms. The van der Waals surface area contributed by atoms with Gasteiger partial charge in [-0.1, -0.05) is 6.58 Å². The molecule has 0 amide bonds. The Labute approximate surface area is 113 Å². The summed E-state index contributed by atoms with van der Waals surface area (Å²) >= 11 is 0. The van der Waals surface area contributed by atoms with Gasteiger partial charge in [-0.05, 0) is 13.8 Å². The number of carbonyl (C=O) groups is 1. The van der Waals surface area contributed by atoms with Crippen LogP contribution in [0, 0.1) is 0 Å². The molecule has 0 radical (unpaired) electrons. The van der Waals surface area contributed by atoms with Crippen molar-refractivity contribution in [3.63, 3.8) is 0 Å². The van der Waals surface area contributed by atoms with Crippen molar-refractivity contribution >= 4 is 5.97 Å². The molecular weight excluding hydrogens is 320 g/mol. The van der Waals surface area contributed by atoms with Crippen LogP contribution in [0.3, 0.4) is 0 Å². The minimum Gasteiger partial charge on any atom is -0.453 e. The predicted molar refractivity (Wildman–Crippen MR) is 52.4 cm³/mol. The van der Waals surface area contributed by atoms with E-state index >= 15 is 0 Å². The van der Waals surface area contributed by atoms with E-state index in [4.69, 9.17) is 5.11 Å². The highest BCUT2D eigenvalue weighted by molar-refractivity contribution is 5.87. The Bertz CT molecular complexity index is 409. The third-order valence-electron chi connectivity index (χ3n) is 2.45. The maximum absolute atomic E-state index is 13.5. The molecule has 3 nitrogen and oxygen atoms in total. The minimum atomic E-state index is -6.75. The van der Waals surface area contributed by atoms with Crippen molar-refractivity contribution in [3.8, 4) is 0 Å². The van der Waals surface area contributed by atoms with E-state index in [0.717, 1.165) is 6.92 Å². The summed E-state index contributed by atoms with van der Waals surface area (Å²) in [5, 5.41) is 8.62. The minimum absolute atomic E-state index is 0.0866. The number of aliphatic hydroxyl groups is 1. The lowest BCUT2D eigenvalue weighted by Gasteiger charge is -2.40. The van der Waals surface area contributed by atoms with Gasteiger partial charge in [0, 0.05) is 5.57 Å². The molecule has 0 saturated carbocycles. The summed E-state index contributed by atoms with van der Waals surface area (Å²) in [5.41, 5.74) is -6.90. The standard InChI is InChI=1S/C10H10F8O3/c1-4(2)6(19)21-5(3)7(11,12)8(20,9(13,14)15)10(16,17)18/h5,20H,1H2,2-3H3. The molecule has 11 heteroatoms. The highest BCUT2D eigenvalue weighted by Crippen LogP contribution is 2.53. The molecule has 0 spiro atoms. The third kappa shape index (κ3) is 3.27. The first-order chi connectivity index (χ1) is 9.00. The van der Waals surface area contributed by atoms with Crippen LogP contribution in [0.4, 0.5) is 35.1 Å². The second kappa shape index (κ2) is 5.43. The number of alkyl halides is 8. The summed E-state index contributed by atoms with van der Waals surface area (Å²) in [4.78, 5) is 10.9. The lowest BCUT2D eigenvalue weighted by Crippen LogP contribution is -2.71. The molecule has 0 fully saturated rings. The second-order valence-corrected chi connectivity index (χ2v) is 4.16. The van der Waals surface area contributed by atoms with E-state index in [9.17, 15) is 39.9 Å². The monoisotopic (exact) mass is 330 g/mol. The molecule has 0 saturated heterocycles. The molecule has 21 heavy (non-hydrogen) atoms. The number of carbonyl (C=O) groups excluding carboxylic acids is 1. The van der Waals surface area contributed by atoms with Gasteiger partial charge in [-0.3, -0.25) is 0 Å². The number of hydrogen-bond acceptors (Lipinski definition) is 3. The van der Waals surface area contributed by atoms with Gasteiger partial charge in [-0.25, -0.2) is 4.79 Å². The summed E-state index contributed by atoms with van der Waals surface area (Å²) in [5.74, 6) is -7.51. The quantitative estimate of drug-likeness (QED) is 0.490. The van der Waals surface area contributed by atoms with Crippen LogP contribution in [-0.4, -0.2) is 41.1 Å². The van der Waals surface area contributed by atoms with Gasteiger partial charge >= 0.3 is 29.8 Å². The number of rotatable bonds is 4. The fraction of sp³-hybridized carbons (Fsp3) is 0.700. The van der Waals surface area contributed by atoms with Crippen molar-refractivity contribution in [1.29, 1.82) is 0 Å². The van der Waals surface area contributed by atoms with Gasteiger partial charge in [-0.15, -0.1) is 0 Å². The Morgan fingerprint density at radius 3 is 1.62 bits per heavy atom. The van der Waals surface area contributed by atoms with Crippen LogP contribution in [0.25, 0.3) is 0 Å². The molecule has 0 aliphatic carbocycles. The highest BCUT2D eigenvalue weighted by Gasteiger charge is 2.84. The molecule has 1 unspecified atom stereocenters. The predicted octanol–water partition coefficient (Wildman–Crippen LogP) is 2.99. The molecule has 0 aromatic carbocycles. The van der Waals surface area contributed by atoms with Gasteiger partial charge in [0.15, 0.2) is 6.10 Å². The van der Waals surface area contributed by atoms with E-state index in [1.807, 2.05) is 0 Å². The molecule has 0 aliphatic heterocycles. The van der Waals surface area contributed by atoms with Gasteiger partial charge in [0.1, 0.15) is 0 Å². The number of esters is 1. The largest absolute Gasteiger partial charge is 0.453 e. The SMILES string of the molecule is C=C(C)C(=O)OC(C)C(F)(F)C(O)(C(F)(F)F)C(F)(F)F. The van der Waals surface area contributed by atoms with E-state index in [1.54, 1.807) is 0 Å². The normalized spacial score (nSPS) is 15.6. The second-order valence-electron chi connectivity index (χ2n) is 4.16. The fourth-order valence-corrected chi connectivity index (χ4v) is 1.17. The van der Waals surface area contributed by atoms with Crippen LogP contribution in [0.5, 0.6) is 0 Å². The molecule has 0 aromatic rings. The van der Waals surface area contributed by atoms with Crippen molar-refractivity contribution in [2.24, 2.45) is 0 Å². The van der Waals surface area contributed by atoms with Crippen LogP contribution in [-0.2, 0) is 9.53 Å². The Morgan fingerprint density at radius 2 is 1.38 bits per heavy atom. The fourth-order valence-electron chi connectivity index (χ4n) is 1.17. The molecule has 124 valence electrons. The maximum atomic E-state index is 13.5. The summed E-state index contributed by atoms with van der Waals surface area (Å²) in [6, 6.07) is 0. The van der Waals surface area contributed by atoms with E-state index in [1.165, 1.54) is 0 Å². The van der Waals surface area contributed by atoms with Gasteiger partial charge in [-0.2, -0.15) is 35.1 Å². The van der Waals surface area contributed by atoms with Gasteiger partial charge in [0.25, 0.3) is 0 Å². The van der Waals surface area contributed by atoms with E-state index in [-0.39, 0.29) is 6.92 Å². The summed E-state index contributed by atoms with van der Waals surface area (Å²) < 4.78 is 105. The van der Waals surface area contributed by atoms with Crippen LogP contribution >= 0.6 is 0 Å². The molecule has 1 N–H and O–H groups in total. The summed E-state index contributed by atoms with van der Waals surface area (Å²) in [7, 11) is 0. The average molecular weight is 330 g/mol.